The molecule has 0 bridgehead atoms. The first-order chi connectivity index (χ1) is 16.2. The van der Waals surface area contributed by atoms with E-state index in [0.29, 0.717) is 4.90 Å². The number of aliphatic hydroxyl groups is 3. The molecule has 3 unspecified atom stereocenters. The fourth-order valence-corrected chi connectivity index (χ4v) is 4.94. The van der Waals surface area contributed by atoms with Gasteiger partial charge in [-0.15, -0.1) is 5.10 Å². The van der Waals surface area contributed by atoms with Gasteiger partial charge < -0.3 is 20.1 Å². The van der Waals surface area contributed by atoms with Crippen molar-refractivity contribution in [3.05, 3.63) is 58.0 Å². The molecule has 0 amide bonds. The van der Waals surface area contributed by atoms with Gasteiger partial charge in [0.15, 0.2) is 5.69 Å². The zero-order valence-electron chi connectivity index (χ0n) is 16.9. The van der Waals surface area contributed by atoms with Crippen molar-refractivity contribution in [3.63, 3.8) is 0 Å². The molecule has 0 radical (unpaired) electrons. The van der Waals surface area contributed by atoms with Gasteiger partial charge in [0.25, 0.3) is 0 Å². The number of pyridine rings is 1. The first-order valence-corrected chi connectivity index (χ1v) is 11.3. The van der Waals surface area contributed by atoms with Crippen LogP contribution in [-0.4, -0.2) is 65.7 Å². The lowest BCUT2D eigenvalue weighted by molar-refractivity contribution is -0.178. The molecule has 1 aliphatic heterocycles. The van der Waals surface area contributed by atoms with E-state index in [1.54, 1.807) is 0 Å². The van der Waals surface area contributed by atoms with Crippen LogP contribution < -0.4 is 0 Å². The van der Waals surface area contributed by atoms with Gasteiger partial charge in [-0.1, -0.05) is 40.2 Å². The molecule has 3 heterocycles. The molecular formula is C20H15Cl2F2N5O4S. The molecule has 0 aliphatic carbocycles. The summed E-state index contributed by atoms with van der Waals surface area (Å²) in [6, 6.07) is 4.17. The van der Waals surface area contributed by atoms with Crippen LogP contribution in [0.25, 0.3) is 11.3 Å². The average molecular weight is 530 g/mol. The maximum Gasteiger partial charge on any atom is 0.154 e. The van der Waals surface area contributed by atoms with Gasteiger partial charge in [0.1, 0.15) is 58.2 Å². The lowest BCUT2D eigenvalue weighted by Gasteiger charge is -2.41. The van der Waals surface area contributed by atoms with E-state index in [1.165, 1.54) is 18.5 Å². The largest absolute Gasteiger partial charge is 0.394 e. The number of nitriles is 1. The highest BCUT2D eigenvalue weighted by Crippen LogP contribution is 2.39. The minimum atomic E-state index is -1.42. The lowest BCUT2D eigenvalue weighted by atomic mass is 9.97. The molecule has 1 aromatic carbocycles. The van der Waals surface area contributed by atoms with E-state index in [1.807, 2.05) is 6.07 Å². The van der Waals surface area contributed by atoms with E-state index in [9.17, 15) is 29.4 Å². The van der Waals surface area contributed by atoms with E-state index >= 15 is 0 Å². The van der Waals surface area contributed by atoms with Crippen LogP contribution in [0.15, 0.2) is 35.5 Å². The van der Waals surface area contributed by atoms with Crippen LogP contribution in [0.3, 0.4) is 0 Å². The SMILES string of the molecule is N#Cc1ncc(Cl)cc1S[C@H]1OC(CO)[C@H](O)C(n2cc(-c3cc(F)c(Cl)c(F)c3)nn2)C1O. The molecule has 3 N–H and O–H groups in total. The Balaban J connectivity index is 1.66. The van der Waals surface area contributed by atoms with Crippen LogP contribution >= 0.6 is 35.0 Å². The van der Waals surface area contributed by atoms with Crippen molar-refractivity contribution in [3.8, 4) is 17.3 Å². The first-order valence-electron chi connectivity index (χ1n) is 9.65. The maximum atomic E-state index is 13.9. The van der Waals surface area contributed by atoms with Gasteiger partial charge in [0.2, 0.25) is 0 Å². The summed E-state index contributed by atoms with van der Waals surface area (Å²) in [7, 11) is 0. The minimum Gasteiger partial charge on any atom is -0.394 e. The summed E-state index contributed by atoms with van der Waals surface area (Å²) < 4.78 is 34.5. The molecule has 178 valence electrons. The van der Waals surface area contributed by atoms with Gasteiger partial charge in [0.05, 0.1) is 17.8 Å². The van der Waals surface area contributed by atoms with E-state index in [2.05, 4.69) is 15.3 Å². The topological polar surface area (TPSA) is 137 Å². The number of nitrogens with zero attached hydrogens (tertiary/aromatic N) is 5. The lowest BCUT2D eigenvalue weighted by Crippen LogP contribution is -2.55. The number of halogens is 4. The van der Waals surface area contributed by atoms with E-state index in [-0.39, 0.29) is 22.0 Å². The number of hydrogen-bond acceptors (Lipinski definition) is 9. The summed E-state index contributed by atoms with van der Waals surface area (Å²) in [6.07, 6.45) is -1.38. The Kier molecular flexibility index (Phi) is 7.34. The monoisotopic (exact) mass is 529 g/mol. The summed E-state index contributed by atoms with van der Waals surface area (Å²) in [5.74, 6) is -1.98. The van der Waals surface area contributed by atoms with Gasteiger partial charge >= 0.3 is 0 Å². The molecule has 1 saturated heterocycles. The third-order valence-electron chi connectivity index (χ3n) is 5.11. The molecule has 0 spiro atoms. The smallest absolute Gasteiger partial charge is 0.154 e. The fourth-order valence-electron chi connectivity index (χ4n) is 3.46. The van der Waals surface area contributed by atoms with Gasteiger partial charge in [-0.3, -0.25) is 0 Å². The second-order valence-electron chi connectivity index (χ2n) is 7.26. The third kappa shape index (κ3) is 4.73. The Bertz CT molecular complexity index is 1240. The number of hydrogen-bond donors (Lipinski definition) is 3. The molecule has 34 heavy (non-hydrogen) atoms. The quantitative estimate of drug-likeness (QED) is 0.425. The van der Waals surface area contributed by atoms with Gasteiger partial charge in [-0.05, 0) is 18.2 Å². The van der Waals surface area contributed by atoms with Gasteiger partial charge in [-0.25, -0.2) is 18.4 Å². The van der Waals surface area contributed by atoms with Crippen LogP contribution in [0.4, 0.5) is 8.78 Å². The van der Waals surface area contributed by atoms with E-state index in [4.69, 9.17) is 27.9 Å². The van der Waals surface area contributed by atoms with Crippen molar-refractivity contribution >= 4 is 35.0 Å². The van der Waals surface area contributed by atoms with Crippen LogP contribution in [0.1, 0.15) is 11.7 Å². The number of benzene rings is 1. The van der Waals surface area contributed by atoms with E-state index in [0.717, 1.165) is 28.6 Å². The maximum absolute atomic E-state index is 13.9. The summed E-state index contributed by atoms with van der Waals surface area (Å²) in [5, 5.41) is 48.1. The zero-order valence-corrected chi connectivity index (χ0v) is 19.2. The van der Waals surface area contributed by atoms with Crippen molar-refractivity contribution < 1.29 is 28.8 Å². The Morgan fingerprint density at radius 2 is 1.88 bits per heavy atom. The van der Waals surface area contributed by atoms with Crippen LogP contribution in [0.2, 0.25) is 10.0 Å². The summed E-state index contributed by atoms with van der Waals surface area (Å²) >= 11 is 12.4. The standard InChI is InChI=1S/C20H15Cl2F2N5O4S/c21-9-3-15(12(4-25)26-5-9)34-20-19(32)17(18(31)14(7-30)33-20)29-6-13(27-28-29)8-1-10(23)16(22)11(24)2-8/h1-3,5-6,14,17-20,30-32H,7H2/t14?,17?,18-,19?,20+/m0/s1. The number of ether oxygens (including phenoxy) is 1. The number of rotatable bonds is 5. The molecule has 0 saturated carbocycles. The molecular weight excluding hydrogens is 515 g/mol. The Morgan fingerprint density at radius 3 is 2.53 bits per heavy atom. The Morgan fingerprint density at radius 1 is 1.18 bits per heavy atom. The third-order valence-corrected chi connectivity index (χ3v) is 6.87. The highest BCUT2D eigenvalue weighted by atomic mass is 35.5. The Labute approximate surface area is 205 Å². The second-order valence-corrected chi connectivity index (χ2v) is 9.22. The molecule has 5 atom stereocenters. The van der Waals surface area contributed by atoms with E-state index < -0.39 is 53.1 Å². The molecule has 1 aliphatic rings. The molecule has 1 fully saturated rings. The molecule has 9 nitrogen and oxygen atoms in total. The highest BCUT2D eigenvalue weighted by Gasteiger charge is 2.46. The number of aromatic nitrogens is 4. The molecule has 14 heteroatoms. The van der Waals surface area contributed by atoms with Crippen LogP contribution in [-0.2, 0) is 4.74 Å². The summed E-state index contributed by atoms with van der Waals surface area (Å²) in [4.78, 5) is 4.24. The number of thioether (sulfide) groups is 1. The van der Waals surface area contributed by atoms with Crippen molar-refractivity contribution in [1.82, 2.24) is 20.0 Å². The average Bonchev–Trinajstić information content (AvgIpc) is 3.29. The summed E-state index contributed by atoms with van der Waals surface area (Å²) in [5.41, 5.74) is -0.940. The first kappa shape index (κ1) is 24.7. The van der Waals surface area contributed by atoms with Crippen molar-refractivity contribution in [1.29, 1.82) is 5.26 Å². The van der Waals surface area contributed by atoms with Crippen molar-refractivity contribution in [2.24, 2.45) is 0 Å². The molecule has 2 aromatic heterocycles. The Hall–Kier alpha value is -2.37. The van der Waals surface area contributed by atoms with Crippen LogP contribution in [0.5, 0.6) is 0 Å². The zero-order chi connectivity index (χ0) is 24.6. The van der Waals surface area contributed by atoms with Gasteiger partial charge in [0, 0.05) is 16.7 Å². The normalized spacial score (nSPS) is 24.7. The summed E-state index contributed by atoms with van der Waals surface area (Å²) in [6.45, 7) is -0.588. The van der Waals surface area contributed by atoms with Crippen molar-refractivity contribution in [2.75, 3.05) is 6.61 Å². The second kappa shape index (κ2) is 10.1. The predicted octanol–water partition coefficient (Wildman–Crippen LogP) is 2.57. The minimum absolute atomic E-state index is 0.0370. The highest BCUT2D eigenvalue weighted by molar-refractivity contribution is 7.99. The van der Waals surface area contributed by atoms with Crippen LogP contribution in [0, 0.1) is 23.0 Å². The van der Waals surface area contributed by atoms with Crippen molar-refractivity contribution in [2.45, 2.75) is 34.7 Å². The predicted molar refractivity (Wildman–Crippen MR) is 117 cm³/mol. The molecule has 4 rings (SSSR count). The number of aliphatic hydroxyl groups excluding tert-OH is 3. The molecule has 3 aromatic rings. The van der Waals surface area contributed by atoms with Gasteiger partial charge in [-0.2, -0.15) is 5.26 Å². The fraction of sp³-hybridized carbons (Fsp3) is 0.300.